The van der Waals surface area contributed by atoms with Crippen LogP contribution in [-0.2, 0) is 13.0 Å². The molecule has 104 valence electrons. The van der Waals surface area contributed by atoms with Crippen molar-refractivity contribution in [3.63, 3.8) is 0 Å². The minimum absolute atomic E-state index is 0.296. The van der Waals surface area contributed by atoms with Gasteiger partial charge in [0.25, 0.3) is 0 Å². The minimum Gasteiger partial charge on any atom is -0.493 e. The first-order valence-electron chi connectivity index (χ1n) is 6.15. The van der Waals surface area contributed by atoms with Crippen molar-refractivity contribution in [1.29, 1.82) is 0 Å². The van der Waals surface area contributed by atoms with Crippen LogP contribution in [0.5, 0.6) is 11.5 Å². The van der Waals surface area contributed by atoms with E-state index in [2.05, 4.69) is 15.9 Å². The lowest BCUT2D eigenvalue weighted by Gasteiger charge is -2.11. The van der Waals surface area contributed by atoms with Crippen molar-refractivity contribution in [3.05, 3.63) is 56.8 Å². The van der Waals surface area contributed by atoms with Crippen LogP contribution in [0.2, 0.25) is 5.02 Å². The zero-order valence-electron chi connectivity index (χ0n) is 10.5. The number of rotatable bonds is 3. The quantitative estimate of drug-likeness (QED) is 0.789. The molecule has 0 radical (unpaired) electrons. The average molecular weight is 358 g/mol. The molecule has 0 bridgehead atoms. The Balaban J connectivity index is 1.80. The Morgan fingerprint density at radius 3 is 2.95 bits per heavy atom. The van der Waals surface area contributed by atoms with E-state index in [1.807, 2.05) is 12.1 Å². The standard InChI is InChI=1S/C15H11BrClFO2/c16-13-2-1-12(7-14(13)18)20-8-10-6-11(17)5-9-3-4-19-15(9)10/h1-2,5-7H,3-4,8H2. The summed E-state index contributed by atoms with van der Waals surface area (Å²) < 4.78 is 25.0. The normalized spacial score (nSPS) is 12.9. The second kappa shape index (κ2) is 5.62. The maximum absolute atomic E-state index is 13.4. The van der Waals surface area contributed by atoms with Gasteiger partial charge in [-0.25, -0.2) is 4.39 Å². The van der Waals surface area contributed by atoms with Crippen LogP contribution in [-0.4, -0.2) is 6.61 Å². The second-order valence-corrected chi connectivity index (χ2v) is 5.81. The molecule has 0 N–H and O–H groups in total. The number of fused-ring (bicyclic) bond motifs is 1. The van der Waals surface area contributed by atoms with Crippen molar-refractivity contribution in [1.82, 2.24) is 0 Å². The molecule has 1 aliphatic rings. The third-order valence-corrected chi connectivity index (χ3v) is 3.97. The summed E-state index contributed by atoms with van der Waals surface area (Å²) in [4.78, 5) is 0. The molecule has 0 aromatic heterocycles. The number of ether oxygens (including phenoxy) is 2. The molecule has 1 heterocycles. The maximum Gasteiger partial charge on any atom is 0.141 e. The molecule has 2 aromatic rings. The van der Waals surface area contributed by atoms with Crippen molar-refractivity contribution >= 4 is 27.5 Å². The third kappa shape index (κ3) is 2.76. The summed E-state index contributed by atoms with van der Waals surface area (Å²) in [5.41, 5.74) is 1.98. The third-order valence-electron chi connectivity index (χ3n) is 3.11. The van der Waals surface area contributed by atoms with Gasteiger partial charge in [0.2, 0.25) is 0 Å². The summed E-state index contributed by atoms with van der Waals surface area (Å²) >= 11 is 9.19. The summed E-state index contributed by atoms with van der Waals surface area (Å²) in [6.45, 7) is 0.958. The lowest BCUT2D eigenvalue weighted by molar-refractivity contribution is 0.290. The van der Waals surface area contributed by atoms with Gasteiger partial charge in [-0.15, -0.1) is 0 Å². The molecule has 0 spiro atoms. The van der Waals surface area contributed by atoms with E-state index in [9.17, 15) is 4.39 Å². The highest BCUT2D eigenvalue weighted by Gasteiger charge is 2.18. The van der Waals surface area contributed by atoms with E-state index in [4.69, 9.17) is 21.1 Å². The first-order valence-corrected chi connectivity index (χ1v) is 7.32. The van der Waals surface area contributed by atoms with Gasteiger partial charge in [-0.1, -0.05) is 11.6 Å². The van der Waals surface area contributed by atoms with Gasteiger partial charge in [0.15, 0.2) is 0 Å². The molecular weight excluding hydrogens is 347 g/mol. The van der Waals surface area contributed by atoms with Crippen LogP contribution in [0.4, 0.5) is 4.39 Å². The van der Waals surface area contributed by atoms with Crippen LogP contribution in [0, 0.1) is 5.82 Å². The zero-order valence-corrected chi connectivity index (χ0v) is 12.8. The predicted molar refractivity (Wildman–Crippen MR) is 79.1 cm³/mol. The van der Waals surface area contributed by atoms with Gasteiger partial charge in [0.05, 0.1) is 11.1 Å². The van der Waals surface area contributed by atoms with Crippen molar-refractivity contribution in [2.24, 2.45) is 0 Å². The fraction of sp³-hybridized carbons (Fsp3) is 0.200. The molecule has 0 unspecified atom stereocenters. The molecule has 3 rings (SSSR count). The van der Waals surface area contributed by atoms with E-state index in [1.165, 1.54) is 6.07 Å². The SMILES string of the molecule is Fc1cc(OCc2cc(Cl)cc3c2OCC3)ccc1Br. The molecule has 0 saturated heterocycles. The summed E-state index contributed by atoms with van der Waals surface area (Å²) in [5, 5.41) is 0.662. The van der Waals surface area contributed by atoms with Crippen LogP contribution >= 0.6 is 27.5 Å². The Kier molecular flexibility index (Phi) is 3.85. The van der Waals surface area contributed by atoms with Crippen molar-refractivity contribution in [2.75, 3.05) is 6.61 Å². The monoisotopic (exact) mass is 356 g/mol. The van der Waals surface area contributed by atoms with Crippen LogP contribution in [0.25, 0.3) is 0 Å². The Morgan fingerprint density at radius 1 is 1.30 bits per heavy atom. The highest BCUT2D eigenvalue weighted by Crippen LogP contribution is 2.33. The number of hydrogen-bond acceptors (Lipinski definition) is 2. The molecule has 1 aliphatic heterocycles. The Bertz CT molecular complexity index is 661. The van der Waals surface area contributed by atoms with E-state index >= 15 is 0 Å². The van der Waals surface area contributed by atoms with Gasteiger partial charge in [-0.2, -0.15) is 0 Å². The van der Waals surface area contributed by atoms with E-state index in [0.717, 1.165) is 23.3 Å². The fourth-order valence-corrected chi connectivity index (χ4v) is 2.69. The Hall–Kier alpha value is -1.26. The van der Waals surface area contributed by atoms with Gasteiger partial charge in [0.1, 0.15) is 23.9 Å². The summed E-state index contributed by atoms with van der Waals surface area (Å²) in [7, 11) is 0. The second-order valence-electron chi connectivity index (χ2n) is 4.52. The molecule has 0 saturated carbocycles. The molecule has 0 fully saturated rings. The van der Waals surface area contributed by atoms with Gasteiger partial charge in [-0.3, -0.25) is 0 Å². The lowest BCUT2D eigenvalue weighted by Crippen LogP contribution is -1.99. The first-order chi connectivity index (χ1) is 9.63. The van der Waals surface area contributed by atoms with Crippen LogP contribution < -0.4 is 9.47 Å². The molecule has 0 amide bonds. The van der Waals surface area contributed by atoms with Crippen LogP contribution in [0.15, 0.2) is 34.8 Å². The maximum atomic E-state index is 13.4. The minimum atomic E-state index is -0.352. The first kappa shape index (κ1) is 13.7. The van der Waals surface area contributed by atoms with Gasteiger partial charge in [0, 0.05) is 23.1 Å². The summed E-state index contributed by atoms with van der Waals surface area (Å²) in [6, 6.07) is 8.39. The molecule has 0 atom stereocenters. The Labute approximate surface area is 129 Å². The highest BCUT2D eigenvalue weighted by molar-refractivity contribution is 9.10. The molecule has 2 aromatic carbocycles. The Morgan fingerprint density at radius 2 is 2.15 bits per heavy atom. The molecule has 20 heavy (non-hydrogen) atoms. The van der Waals surface area contributed by atoms with E-state index < -0.39 is 0 Å². The number of halogens is 3. The van der Waals surface area contributed by atoms with Crippen LogP contribution in [0.1, 0.15) is 11.1 Å². The van der Waals surface area contributed by atoms with Crippen molar-refractivity contribution < 1.29 is 13.9 Å². The largest absolute Gasteiger partial charge is 0.493 e. The molecule has 0 aliphatic carbocycles. The topological polar surface area (TPSA) is 18.5 Å². The van der Waals surface area contributed by atoms with E-state index in [1.54, 1.807) is 12.1 Å². The van der Waals surface area contributed by atoms with Gasteiger partial charge >= 0.3 is 0 Å². The van der Waals surface area contributed by atoms with Gasteiger partial charge in [-0.05, 0) is 45.8 Å². The van der Waals surface area contributed by atoms with Crippen molar-refractivity contribution in [2.45, 2.75) is 13.0 Å². The molecule has 2 nitrogen and oxygen atoms in total. The average Bonchev–Trinajstić information content (AvgIpc) is 2.88. The number of benzene rings is 2. The predicted octanol–water partition coefficient (Wildman–Crippen LogP) is 4.76. The zero-order chi connectivity index (χ0) is 14.1. The van der Waals surface area contributed by atoms with E-state index in [-0.39, 0.29) is 5.82 Å². The lowest BCUT2D eigenvalue weighted by atomic mass is 10.1. The summed E-state index contributed by atoms with van der Waals surface area (Å²) in [5.74, 6) is 0.958. The van der Waals surface area contributed by atoms with Crippen molar-refractivity contribution in [3.8, 4) is 11.5 Å². The van der Waals surface area contributed by atoms with Crippen LogP contribution in [0.3, 0.4) is 0 Å². The number of hydrogen-bond donors (Lipinski definition) is 0. The molecule has 5 heteroatoms. The van der Waals surface area contributed by atoms with Gasteiger partial charge < -0.3 is 9.47 Å². The molecular formula is C15H11BrClFO2. The fourth-order valence-electron chi connectivity index (χ4n) is 2.18. The smallest absolute Gasteiger partial charge is 0.141 e. The highest BCUT2D eigenvalue weighted by atomic mass is 79.9. The summed E-state index contributed by atoms with van der Waals surface area (Å²) in [6.07, 6.45) is 0.857. The van der Waals surface area contributed by atoms with E-state index in [0.29, 0.717) is 28.5 Å².